The van der Waals surface area contributed by atoms with Gasteiger partial charge in [0.25, 0.3) is 0 Å². The van der Waals surface area contributed by atoms with Gasteiger partial charge in [-0.05, 0) is 92.4 Å². The van der Waals surface area contributed by atoms with Crippen LogP contribution in [0.1, 0.15) is 53.5 Å². The van der Waals surface area contributed by atoms with Crippen LogP contribution in [0.2, 0.25) is 5.02 Å². The molecule has 4 heterocycles. The molecule has 60 heavy (non-hydrogen) atoms. The van der Waals surface area contributed by atoms with E-state index in [0.717, 1.165) is 25.4 Å². The third kappa shape index (κ3) is 5.69. The zero-order chi connectivity index (χ0) is 43.1. The third-order valence-corrected chi connectivity index (χ3v) is 14.4. The predicted molar refractivity (Wildman–Crippen MR) is 210 cm³/mol. The number of imide groups is 2. The molecule has 1 N–H and O–H groups in total. The number of fused-ring (bicyclic) bond motifs is 5. The van der Waals surface area contributed by atoms with Gasteiger partial charge < -0.3 is 5.11 Å². The zero-order valence-electron chi connectivity index (χ0n) is 32.1. The summed E-state index contributed by atoms with van der Waals surface area (Å²) in [5.74, 6) is -8.86. The van der Waals surface area contributed by atoms with Crippen molar-refractivity contribution >= 4 is 68.2 Å². The van der Waals surface area contributed by atoms with Crippen molar-refractivity contribution in [3.05, 3.63) is 105 Å². The number of hydrogen-bond donors (Lipinski definition) is 1. The number of phenolic OH excluding ortho intramolecular Hbond substituents is 1. The monoisotopic (exact) mass is 866 g/mol. The van der Waals surface area contributed by atoms with Gasteiger partial charge in [-0.2, -0.15) is 31.4 Å². The van der Waals surface area contributed by atoms with Gasteiger partial charge in [0.05, 0.1) is 44.9 Å². The lowest BCUT2D eigenvalue weighted by molar-refractivity contribution is -0.143. The molecule has 6 unspecified atom stereocenters. The molecule has 17 heteroatoms. The van der Waals surface area contributed by atoms with Crippen LogP contribution in [0.3, 0.4) is 0 Å². The molecule has 4 aliphatic rings. The first-order valence-corrected chi connectivity index (χ1v) is 20.1. The highest BCUT2D eigenvalue weighted by Crippen LogP contribution is 2.65. The molecule has 6 atom stereocenters. The Bertz CT molecular complexity index is 2740. The maximum atomic E-state index is 15.1. The Balaban J connectivity index is 1.15. The van der Waals surface area contributed by atoms with Crippen molar-refractivity contribution in [1.82, 2.24) is 9.78 Å². The van der Waals surface area contributed by atoms with Gasteiger partial charge in [-0.1, -0.05) is 41.4 Å². The van der Waals surface area contributed by atoms with Crippen LogP contribution in [-0.4, -0.2) is 38.5 Å². The molecule has 0 spiro atoms. The smallest absolute Gasteiger partial charge is 0.416 e. The number of alkyl halides is 6. The number of aryl methyl sites for hydroxylation is 3. The fourth-order valence-corrected chi connectivity index (χ4v) is 11.3. The molecule has 0 radical (unpaired) electrons. The maximum Gasteiger partial charge on any atom is 0.416 e. The van der Waals surface area contributed by atoms with E-state index in [-0.39, 0.29) is 36.0 Å². The lowest BCUT2D eigenvalue weighted by Gasteiger charge is -2.49. The number of phenols is 1. The van der Waals surface area contributed by atoms with Crippen LogP contribution in [-0.2, 0) is 38.6 Å². The number of aromatic nitrogens is 2. The third-order valence-electron chi connectivity index (χ3n) is 12.9. The lowest BCUT2D eigenvalue weighted by atomic mass is 9.51. The first-order valence-electron chi connectivity index (χ1n) is 18.9. The molecule has 9 nitrogen and oxygen atoms in total. The molecule has 5 aromatic rings. The number of carbonyl (C=O) groups is 4. The van der Waals surface area contributed by atoms with Crippen LogP contribution in [0.15, 0.2) is 72.3 Å². The van der Waals surface area contributed by atoms with E-state index in [9.17, 15) is 45.8 Å². The van der Waals surface area contributed by atoms with E-state index in [1.807, 2.05) is 19.1 Å². The number of amides is 4. The summed E-state index contributed by atoms with van der Waals surface area (Å²) < 4.78 is 85.9. The van der Waals surface area contributed by atoms with E-state index in [1.54, 1.807) is 57.3 Å². The summed E-state index contributed by atoms with van der Waals surface area (Å²) in [6, 6.07) is 12.7. The summed E-state index contributed by atoms with van der Waals surface area (Å²) >= 11 is 7.74. The highest BCUT2D eigenvalue weighted by Gasteiger charge is 2.68. The highest BCUT2D eigenvalue weighted by atomic mass is 35.5. The number of halogens is 7. The van der Waals surface area contributed by atoms with Crippen LogP contribution < -0.4 is 9.80 Å². The number of thiophene rings is 1. The molecule has 9 rings (SSSR count). The molecule has 2 aliphatic carbocycles. The number of rotatable bonds is 4. The Hall–Kier alpha value is -5.48. The molecule has 4 amide bonds. The minimum absolute atomic E-state index is 0.0819. The molecule has 0 bridgehead atoms. The Morgan fingerprint density at radius 3 is 2.22 bits per heavy atom. The average Bonchev–Trinajstić information content (AvgIpc) is 3.85. The Labute approximate surface area is 346 Å². The molecular formula is C43H33ClF6N4O5S. The second-order valence-electron chi connectivity index (χ2n) is 16.2. The molecule has 3 aromatic carbocycles. The molecular weight excluding hydrogens is 834 g/mol. The second-order valence-corrected chi connectivity index (χ2v) is 17.6. The summed E-state index contributed by atoms with van der Waals surface area (Å²) in [7, 11) is 1.59. The van der Waals surface area contributed by atoms with E-state index < -0.39 is 87.8 Å². The fraction of sp³-hybridized carbons (Fsp3) is 0.326. The summed E-state index contributed by atoms with van der Waals surface area (Å²) in [4.78, 5) is 60.7. The number of benzene rings is 3. The standard InChI is InChI=1S/C43H33ClF6N4O5S/c1-18-6-5-7-26(35(18)55)34-24-9-10-25-33(39(58)53(37(25)56)23-13-20(42(45,46)47)12-21(14-23)43(48,49)50)28(24)16-29-38(57)54(40(59)41(29,34)3)32-17-30(51-52(32)4)36-19(2)27-15-22(44)8-11-31(27)60-36/h5-9,11-15,17,25,28-29,33-34,55H,10,16H2,1-4H3. The number of allylic oxidation sites excluding steroid dienone is 2. The first kappa shape index (κ1) is 40.0. The van der Waals surface area contributed by atoms with Gasteiger partial charge in [0.1, 0.15) is 17.3 Å². The predicted octanol–water partition coefficient (Wildman–Crippen LogP) is 9.75. The molecule has 2 aromatic heterocycles. The molecule has 2 saturated heterocycles. The van der Waals surface area contributed by atoms with Crippen molar-refractivity contribution in [3.8, 4) is 16.3 Å². The van der Waals surface area contributed by atoms with E-state index in [0.29, 0.717) is 38.9 Å². The van der Waals surface area contributed by atoms with Crippen LogP contribution in [0, 0.1) is 42.9 Å². The molecule has 310 valence electrons. The van der Waals surface area contributed by atoms with Gasteiger partial charge in [0.15, 0.2) is 0 Å². The quantitative estimate of drug-likeness (QED) is 0.109. The maximum absolute atomic E-state index is 15.1. The number of para-hydroxylation sites is 1. The SMILES string of the molecule is Cc1cccc(C2C3=CCC4C(=O)N(c5cc(C(F)(F)F)cc(C(F)(F)F)c5)C(=O)C4C3CC3C(=O)N(c4cc(-c5sc6ccc(Cl)cc6c5C)nn4C)C(=O)C32C)c1O. The molecule has 3 fully saturated rings. The number of hydrogen-bond acceptors (Lipinski definition) is 7. The number of nitrogens with zero attached hydrogens (tertiary/aromatic N) is 4. The molecule has 1 saturated carbocycles. The lowest BCUT2D eigenvalue weighted by Crippen LogP contribution is -2.49. The van der Waals surface area contributed by atoms with E-state index >= 15 is 4.79 Å². The van der Waals surface area contributed by atoms with Crippen molar-refractivity contribution in [2.45, 2.75) is 51.9 Å². The van der Waals surface area contributed by atoms with Gasteiger partial charge in [-0.15, -0.1) is 11.3 Å². The van der Waals surface area contributed by atoms with Crippen LogP contribution in [0.4, 0.5) is 37.8 Å². The topological polar surface area (TPSA) is 113 Å². The van der Waals surface area contributed by atoms with Crippen molar-refractivity contribution in [2.24, 2.45) is 36.1 Å². The van der Waals surface area contributed by atoms with Crippen molar-refractivity contribution in [2.75, 3.05) is 9.80 Å². The Morgan fingerprint density at radius 2 is 1.55 bits per heavy atom. The van der Waals surface area contributed by atoms with Crippen LogP contribution >= 0.6 is 22.9 Å². The van der Waals surface area contributed by atoms with Crippen LogP contribution in [0.5, 0.6) is 5.75 Å². The summed E-state index contributed by atoms with van der Waals surface area (Å²) in [5, 5.41) is 17.7. The number of anilines is 2. The summed E-state index contributed by atoms with van der Waals surface area (Å²) in [5.41, 5.74) is -3.23. The normalized spacial score (nSPS) is 25.6. The number of aromatic hydroxyl groups is 1. The van der Waals surface area contributed by atoms with Crippen molar-refractivity contribution < 1.29 is 50.6 Å². The van der Waals surface area contributed by atoms with E-state index in [2.05, 4.69) is 0 Å². The minimum Gasteiger partial charge on any atom is -0.507 e. The van der Waals surface area contributed by atoms with E-state index in [1.165, 1.54) is 16.0 Å². The second kappa shape index (κ2) is 13.3. The van der Waals surface area contributed by atoms with Gasteiger partial charge in [0, 0.05) is 34.3 Å². The van der Waals surface area contributed by atoms with E-state index in [4.69, 9.17) is 16.7 Å². The summed E-state index contributed by atoms with van der Waals surface area (Å²) in [6.45, 7) is 5.20. The summed E-state index contributed by atoms with van der Waals surface area (Å²) in [6.07, 6.45) is -9.09. The Morgan fingerprint density at radius 1 is 0.867 bits per heavy atom. The highest BCUT2D eigenvalue weighted by molar-refractivity contribution is 7.22. The van der Waals surface area contributed by atoms with Gasteiger partial charge in [-0.25, -0.2) is 9.80 Å². The van der Waals surface area contributed by atoms with Crippen molar-refractivity contribution in [1.29, 1.82) is 0 Å². The zero-order valence-corrected chi connectivity index (χ0v) is 33.6. The minimum atomic E-state index is -5.24. The van der Waals surface area contributed by atoms with Gasteiger partial charge in [0.2, 0.25) is 23.6 Å². The first-order chi connectivity index (χ1) is 28.1. The average molecular weight is 867 g/mol. The van der Waals surface area contributed by atoms with Crippen LogP contribution in [0.25, 0.3) is 20.7 Å². The van der Waals surface area contributed by atoms with Crippen molar-refractivity contribution in [3.63, 3.8) is 0 Å². The number of carbonyl (C=O) groups excluding carboxylic acids is 4. The molecule has 2 aliphatic heterocycles. The largest absolute Gasteiger partial charge is 0.507 e. The van der Waals surface area contributed by atoms with Gasteiger partial charge in [-0.3, -0.25) is 23.9 Å². The Kier molecular flexibility index (Phi) is 8.83. The van der Waals surface area contributed by atoms with Gasteiger partial charge >= 0.3 is 12.4 Å². The fourth-order valence-electron chi connectivity index (χ4n) is 10.0.